The largest absolute Gasteiger partial charge is 0.411 e. The standard InChI is InChI=1S/C14H16OSi.2CH4/c1-15-16(2,13-9-5-3-6-10-13)14-11-7-4-8-12-14;;/h3-12H,1-2H3;2*1H4. The summed E-state index contributed by atoms with van der Waals surface area (Å²) < 4.78 is 5.85. The van der Waals surface area contributed by atoms with Crippen LogP contribution in [0.3, 0.4) is 0 Å². The van der Waals surface area contributed by atoms with Crippen LogP contribution in [-0.4, -0.2) is 15.4 Å². The van der Waals surface area contributed by atoms with Crippen molar-refractivity contribution in [1.82, 2.24) is 0 Å². The van der Waals surface area contributed by atoms with Crippen LogP contribution in [0.1, 0.15) is 14.9 Å². The second-order valence-corrected chi connectivity index (χ2v) is 7.60. The molecule has 1 nitrogen and oxygen atoms in total. The van der Waals surface area contributed by atoms with Crippen molar-refractivity contribution in [3.05, 3.63) is 60.7 Å². The third kappa shape index (κ3) is 3.09. The van der Waals surface area contributed by atoms with Gasteiger partial charge >= 0.3 is 0 Å². The highest BCUT2D eigenvalue weighted by Crippen LogP contribution is 2.05. The highest BCUT2D eigenvalue weighted by Gasteiger charge is 2.32. The minimum Gasteiger partial charge on any atom is -0.411 e. The van der Waals surface area contributed by atoms with Crippen LogP contribution in [0.5, 0.6) is 0 Å². The van der Waals surface area contributed by atoms with E-state index in [-0.39, 0.29) is 14.9 Å². The zero-order valence-electron chi connectivity index (χ0n) is 9.68. The van der Waals surface area contributed by atoms with E-state index in [4.69, 9.17) is 4.43 Å². The lowest BCUT2D eigenvalue weighted by Gasteiger charge is -2.26. The Bertz CT molecular complexity index is 400. The Morgan fingerprint density at radius 1 is 0.722 bits per heavy atom. The highest BCUT2D eigenvalue weighted by molar-refractivity contribution is 6.96. The van der Waals surface area contributed by atoms with Gasteiger partial charge in [-0.3, -0.25) is 0 Å². The van der Waals surface area contributed by atoms with E-state index in [0.717, 1.165) is 0 Å². The molecule has 0 N–H and O–H groups in total. The summed E-state index contributed by atoms with van der Waals surface area (Å²) in [4.78, 5) is 0. The Hall–Kier alpha value is -1.38. The smallest absolute Gasteiger partial charge is 0.252 e. The Labute approximate surface area is 113 Å². The molecule has 0 aromatic heterocycles. The average Bonchev–Trinajstić information content (AvgIpc) is 2.40. The molecule has 0 amide bonds. The van der Waals surface area contributed by atoms with Gasteiger partial charge in [-0.05, 0) is 16.9 Å². The summed E-state index contributed by atoms with van der Waals surface area (Å²) in [5.41, 5.74) is 0. The third-order valence-electron chi connectivity index (χ3n) is 3.06. The molecule has 0 saturated heterocycles. The van der Waals surface area contributed by atoms with Crippen molar-refractivity contribution in [3.63, 3.8) is 0 Å². The molecule has 98 valence electrons. The monoisotopic (exact) mass is 260 g/mol. The summed E-state index contributed by atoms with van der Waals surface area (Å²) in [7, 11) is -0.164. The van der Waals surface area contributed by atoms with Crippen LogP contribution in [0, 0.1) is 0 Å². The fourth-order valence-corrected chi connectivity index (χ4v) is 4.38. The summed E-state index contributed by atoms with van der Waals surface area (Å²) in [6.45, 7) is 2.23. The van der Waals surface area contributed by atoms with E-state index in [1.54, 1.807) is 0 Å². The normalized spacial score (nSPS) is 10.1. The maximum atomic E-state index is 5.85. The van der Waals surface area contributed by atoms with E-state index < -0.39 is 8.32 Å². The molecule has 0 aliphatic carbocycles. The van der Waals surface area contributed by atoms with Gasteiger partial charge in [0.05, 0.1) is 0 Å². The van der Waals surface area contributed by atoms with Crippen LogP contribution in [-0.2, 0) is 4.43 Å². The molecular weight excluding hydrogens is 236 g/mol. The summed E-state index contributed by atoms with van der Waals surface area (Å²) >= 11 is 0. The van der Waals surface area contributed by atoms with Crippen molar-refractivity contribution in [2.24, 2.45) is 0 Å². The van der Waals surface area contributed by atoms with Crippen LogP contribution in [0.25, 0.3) is 0 Å². The summed E-state index contributed by atoms with van der Waals surface area (Å²) in [5, 5.41) is 2.62. The van der Waals surface area contributed by atoms with E-state index in [1.165, 1.54) is 10.4 Å². The van der Waals surface area contributed by atoms with Gasteiger partial charge in [-0.1, -0.05) is 75.5 Å². The number of hydrogen-bond acceptors (Lipinski definition) is 1. The lowest BCUT2D eigenvalue weighted by Crippen LogP contribution is -2.57. The van der Waals surface area contributed by atoms with E-state index in [9.17, 15) is 0 Å². The van der Waals surface area contributed by atoms with Crippen molar-refractivity contribution < 1.29 is 4.43 Å². The maximum Gasteiger partial charge on any atom is 0.252 e. The number of rotatable bonds is 3. The molecule has 2 aromatic rings. The molecule has 0 spiro atoms. The van der Waals surface area contributed by atoms with Gasteiger partial charge in [-0.25, -0.2) is 0 Å². The van der Waals surface area contributed by atoms with Gasteiger partial charge in [0.2, 0.25) is 0 Å². The van der Waals surface area contributed by atoms with Crippen molar-refractivity contribution in [2.75, 3.05) is 7.11 Å². The van der Waals surface area contributed by atoms with Gasteiger partial charge < -0.3 is 4.43 Å². The summed E-state index contributed by atoms with van der Waals surface area (Å²) in [5.74, 6) is 0. The molecule has 2 rings (SSSR count). The second-order valence-electron chi connectivity index (χ2n) is 3.97. The minimum absolute atomic E-state index is 0. The topological polar surface area (TPSA) is 9.23 Å². The van der Waals surface area contributed by atoms with Crippen LogP contribution >= 0.6 is 0 Å². The first-order valence-corrected chi connectivity index (χ1v) is 7.84. The molecule has 2 aromatic carbocycles. The maximum absolute atomic E-state index is 5.85. The lowest BCUT2D eigenvalue weighted by molar-refractivity contribution is 0.421. The van der Waals surface area contributed by atoms with Gasteiger partial charge in [0.25, 0.3) is 8.32 Å². The van der Waals surface area contributed by atoms with Crippen LogP contribution in [0.4, 0.5) is 0 Å². The highest BCUT2D eigenvalue weighted by atomic mass is 28.4. The molecule has 0 heterocycles. The van der Waals surface area contributed by atoms with Crippen molar-refractivity contribution in [3.8, 4) is 0 Å². The molecule has 0 aliphatic rings. The average molecular weight is 260 g/mol. The molecule has 0 saturated carbocycles. The third-order valence-corrected chi connectivity index (χ3v) is 6.74. The van der Waals surface area contributed by atoms with Crippen LogP contribution < -0.4 is 10.4 Å². The van der Waals surface area contributed by atoms with Gasteiger partial charge in [-0.2, -0.15) is 0 Å². The second kappa shape index (κ2) is 7.14. The fourth-order valence-electron chi connectivity index (χ4n) is 1.91. The van der Waals surface area contributed by atoms with Gasteiger partial charge in [0.15, 0.2) is 0 Å². The Balaban J connectivity index is 0.00000144. The Kier molecular flexibility index (Phi) is 6.59. The van der Waals surface area contributed by atoms with Crippen molar-refractivity contribution in [2.45, 2.75) is 21.4 Å². The first-order valence-electron chi connectivity index (χ1n) is 5.43. The van der Waals surface area contributed by atoms with Gasteiger partial charge in [-0.15, -0.1) is 0 Å². The molecule has 0 aliphatic heterocycles. The van der Waals surface area contributed by atoms with Crippen molar-refractivity contribution >= 4 is 18.7 Å². The van der Waals surface area contributed by atoms with Crippen molar-refractivity contribution in [1.29, 1.82) is 0 Å². The van der Waals surface area contributed by atoms with E-state index in [2.05, 4.69) is 55.1 Å². The zero-order chi connectivity index (χ0) is 11.4. The summed E-state index contributed by atoms with van der Waals surface area (Å²) in [6.07, 6.45) is 0. The molecule has 18 heavy (non-hydrogen) atoms. The molecular formula is C16H24OSi. The minimum atomic E-state index is -1.98. The van der Waals surface area contributed by atoms with E-state index >= 15 is 0 Å². The van der Waals surface area contributed by atoms with Crippen LogP contribution in [0.2, 0.25) is 6.55 Å². The molecule has 2 heteroatoms. The first-order chi connectivity index (χ1) is 7.77. The molecule has 0 fully saturated rings. The lowest BCUT2D eigenvalue weighted by atomic mass is 10.4. The number of benzene rings is 2. The molecule has 0 bridgehead atoms. The molecule has 0 radical (unpaired) electrons. The SMILES string of the molecule is C.C.CO[Si](C)(c1ccccc1)c1ccccc1. The Morgan fingerprint density at radius 2 is 1.06 bits per heavy atom. The predicted octanol–water partition coefficient (Wildman–Crippen LogP) is 3.29. The fraction of sp³-hybridized carbons (Fsp3) is 0.250. The summed E-state index contributed by atoms with van der Waals surface area (Å²) in [6, 6.07) is 21.0. The number of hydrogen-bond donors (Lipinski definition) is 0. The quantitative estimate of drug-likeness (QED) is 0.770. The zero-order valence-corrected chi connectivity index (χ0v) is 10.7. The van der Waals surface area contributed by atoms with Gasteiger partial charge in [0, 0.05) is 7.11 Å². The van der Waals surface area contributed by atoms with Gasteiger partial charge in [0.1, 0.15) is 0 Å². The molecule has 0 unspecified atom stereocenters. The Morgan fingerprint density at radius 3 is 1.33 bits per heavy atom. The van der Waals surface area contributed by atoms with Crippen LogP contribution in [0.15, 0.2) is 60.7 Å². The van der Waals surface area contributed by atoms with E-state index in [0.29, 0.717) is 0 Å². The molecule has 0 atom stereocenters. The van der Waals surface area contributed by atoms with E-state index in [1.807, 2.05) is 19.2 Å². The first kappa shape index (κ1) is 16.6. The predicted molar refractivity (Wildman–Crippen MR) is 84.2 cm³/mol.